The van der Waals surface area contributed by atoms with Gasteiger partial charge in [-0.2, -0.15) is 0 Å². The molecule has 0 aliphatic carbocycles. The van der Waals surface area contributed by atoms with Crippen LogP contribution in [0.1, 0.15) is 13.3 Å². The lowest BCUT2D eigenvalue weighted by Gasteiger charge is -2.32. The molecule has 1 atom stereocenters. The molecule has 17 heavy (non-hydrogen) atoms. The van der Waals surface area contributed by atoms with Crippen molar-refractivity contribution < 1.29 is 14.6 Å². The highest BCUT2D eigenvalue weighted by Gasteiger charge is 2.18. The summed E-state index contributed by atoms with van der Waals surface area (Å²) >= 11 is 0. The predicted molar refractivity (Wildman–Crippen MR) is 67.2 cm³/mol. The van der Waals surface area contributed by atoms with E-state index in [1.165, 1.54) is 0 Å². The van der Waals surface area contributed by atoms with Crippen LogP contribution in [-0.2, 0) is 9.47 Å². The van der Waals surface area contributed by atoms with Gasteiger partial charge in [-0.25, -0.2) is 0 Å². The topological polar surface area (TPSA) is 54.0 Å². The Bertz CT molecular complexity index is 181. The van der Waals surface area contributed by atoms with Gasteiger partial charge < -0.3 is 19.9 Å². The SMILES string of the molecule is CCN1CCOC(CNCCCOCCO)C1. The van der Waals surface area contributed by atoms with Crippen LogP contribution in [0.2, 0.25) is 0 Å². The van der Waals surface area contributed by atoms with E-state index < -0.39 is 0 Å². The molecular formula is C12H26N2O3. The molecular weight excluding hydrogens is 220 g/mol. The quantitative estimate of drug-likeness (QED) is 0.547. The molecule has 1 aliphatic heterocycles. The fourth-order valence-electron chi connectivity index (χ4n) is 1.92. The highest BCUT2D eigenvalue weighted by molar-refractivity contribution is 4.72. The normalized spacial score (nSPS) is 21.9. The minimum atomic E-state index is 0.107. The number of aliphatic hydroxyl groups excluding tert-OH is 1. The Labute approximate surface area is 104 Å². The van der Waals surface area contributed by atoms with Gasteiger partial charge in [-0.15, -0.1) is 0 Å². The summed E-state index contributed by atoms with van der Waals surface area (Å²) < 4.78 is 10.9. The number of hydrogen-bond acceptors (Lipinski definition) is 5. The average molecular weight is 246 g/mol. The lowest BCUT2D eigenvalue weighted by atomic mass is 10.2. The van der Waals surface area contributed by atoms with Gasteiger partial charge >= 0.3 is 0 Å². The van der Waals surface area contributed by atoms with Gasteiger partial charge in [0.2, 0.25) is 0 Å². The van der Waals surface area contributed by atoms with E-state index in [4.69, 9.17) is 14.6 Å². The van der Waals surface area contributed by atoms with Crippen LogP contribution in [0.15, 0.2) is 0 Å². The zero-order chi connectivity index (χ0) is 12.3. The molecule has 1 aliphatic rings. The average Bonchev–Trinajstić information content (AvgIpc) is 2.38. The molecule has 102 valence electrons. The molecule has 1 saturated heterocycles. The van der Waals surface area contributed by atoms with Gasteiger partial charge in [0.15, 0.2) is 0 Å². The van der Waals surface area contributed by atoms with Gasteiger partial charge in [-0.1, -0.05) is 6.92 Å². The zero-order valence-corrected chi connectivity index (χ0v) is 10.9. The number of rotatable bonds is 9. The van der Waals surface area contributed by atoms with Gasteiger partial charge in [0.05, 0.1) is 25.9 Å². The van der Waals surface area contributed by atoms with Crippen molar-refractivity contribution >= 4 is 0 Å². The monoisotopic (exact) mass is 246 g/mol. The molecule has 0 aromatic rings. The molecule has 5 nitrogen and oxygen atoms in total. The van der Waals surface area contributed by atoms with Crippen LogP contribution in [0.4, 0.5) is 0 Å². The first-order valence-electron chi connectivity index (χ1n) is 6.60. The molecule has 1 rings (SSSR count). The third kappa shape index (κ3) is 6.95. The van der Waals surface area contributed by atoms with Gasteiger partial charge in [0.1, 0.15) is 0 Å². The lowest BCUT2D eigenvalue weighted by molar-refractivity contribution is -0.0253. The molecule has 0 saturated carbocycles. The Hall–Kier alpha value is -0.200. The summed E-state index contributed by atoms with van der Waals surface area (Å²) in [6, 6.07) is 0. The number of hydrogen-bond donors (Lipinski definition) is 2. The van der Waals surface area contributed by atoms with Crippen LogP contribution in [0.25, 0.3) is 0 Å². The maximum absolute atomic E-state index is 8.53. The van der Waals surface area contributed by atoms with Crippen molar-refractivity contribution in [3.8, 4) is 0 Å². The van der Waals surface area contributed by atoms with Crippen LogP contribution >= 0.6 is 0 Å². The van der Waals surface area contributed by atoms with E-state index in [0.717, 1.165) is 45.8 Å². The second-order valence-electron chi connectivity index (χ2n) is 4.28. The summed E-state index contributed by atoms with van der Waals surface area (Å²) in [5, 5.41) is 11.9. The molecule has 0 spiro atoms. The standard InChI is InChI=1S/C12H26N2O3/c1-2-14-5-8-17-12(11-14)10-13-4-3-7-16-9-6-15/h12-13,15H,2-11H2,1H3. The van der Waals surface area contributed by atoms with Crippen LogP contribution < -0.4 is 5.32 Å². The minimum Gasteiger partial charge on any atom is -0.394 e. The predicted octanol–water partition coefficient (Wildman–Crippen LogP) is -0.304. The van der Waals surface area contributed by atoms with E-state index in [9.17, 15) is 0 Å². The van der Waals surface area contributed by atoms with E-state index in [2.05, 4.69) is 17.1 Å². The van der Waals surface area contributed by atoms with Gasteiger partial charge in [-0.3, -0.25) is 4.90 Å². The number of morpholine rings is 1. The lowest BCUT2D eigenvalue weighted by Crippen LogP contribution is -2.46. The maximum atomic E-state index is 8.53. The van der Waals surface area contributed by atoms with Crippen LogP contribution in [0.5, 0.6) is 0 Å². The Morgan fingerprint density at radius 3 is 3.12 bits per heavy atom. The first-order chi connectivity index (χ1) is 8.36. The fourth-order valence-corrected chi connectivity index (χ4v) is 1.92. The van der Waals surface area contributed by atoms with Crippen molar-refractivity contribution in [1.82, 2.24) is 10.2 Å². The number of nitrogens with zero attached hydrogens (tertiary/aromatic N) is 1. The zero-order valence-electron chi connectivity index (χ0n) is 10.9. The molecule has 0 aromatic carbocycles. The number of nitrogens with one attached hydrogen (secondary N) is 1. The second kappa shape index (κ2) is 9.79. The van der Waals surface area contributed by atoms with Crippen molar-refractivity contribution in [2.45, 2.75) is 19.4 Å². The van der Waals surface area contributed by atoms with Crippen LogP contribution in [0.3, 0.4) is 0 Å². The summed E-state index contributed by atoms with van der Waals surface area (Å²) in [4.78, 5) is 2.42. The number of aliphatic hydroxyl groups is 1. The molecule has 0 bridgehead atoms. The van der Waals surface area contributed by atoms with Crippen molar-refractivity contribution in [1.29, 1.82) is 0 Å². The molecule has 1 unspecified atom stereocenters. The molecule has 5 heteroatoms. The van der Waals surface area contributed by atoms with Crippen LogP contribution in [0, 0.1) is 0 Å². The first kappa shape index (κ1) is 14.9. The summed E-state index contributed by atoms with van der Waals surface area (Å²) in [5.74, 6) is 0. The van der Waals surface area contributed by atoms with Crippen molar-refractivity contribution in [3.05, 3.63) is 0 Å². The highest BCUT2D eigenvalue weighted by Crippen LogP contribution is 2.03. The van der Waals surface area contributed by atoms with E-state index in [1.807, 2.05) is 0 Å². The van der Waals surface area contributed by atoms with Crippen molar-refractivity contribution in [3.63, 3.8) is 0 Å². The van der Waals surface area contributed by atoms with Crippen molar-refractivity contribution in [2.24, 2.45) is 0 Å². The second-order valence-corrected chi connectivity index (χ2v) is 4.28. The van der Waals surface area contributed by atoms with E-state index in [-0.39, 0.29) is 6.61 Å². The Morgan fingerprint density at radius 1 is 1.47 bits per heavy atom. The Kier molecular flexibility index (Phi) is 8.56. The third-order valence-electron chi connectivity index (χ3n) is 2.92. The fraction of sp³-hybridized carbons (Fsp3) is 1.00. The van der Waals surface area contributed by atoms with E-state index in [1.54, 1.807) is 0 Å². The number of ether oxygens (including phenoxy) is 2. The molecule has 0 aromatic heterocycles. The summed E-state index contributed by atoms with van der Waals surface area (Å²) in [5.41, 5.74) is 0. The molecule has 1 fully saturated rings. The summed E-state index contributed by atoms with van der Waals surface area (Å²) in [6.45, 7) is 9.34. The van der Waals surface area contributed by atoms with Gasteiger partial charge in [0, 0.05) is 26.2 Å². The Morgan fingerprint density at radius 2 is 2.35 bits per heavy atom. The summed E-state index contributed by atoms with van der Waals surface area (Å²) in [7, 11) is 0. The maximum Gasteiger partial charge on any atom is 0.0826 e. The van der Waals surface area contributed by atoms with E-state index in [0.29, 0.717) is 19.3 Å². The largest absolute Gasteiger partial charge is 0.394 e. The minimum absolute atomic E-state index is 0.107. The highest BCUT2D eigenvalue weighted by atomic mass is 16.5. The molecule has 0 amide bonds. The summed E-state index contributed by atoms with van der Waals surface area (Å²) in [6.07, 6.45) is 1.30. The van der Waals surface area contributed by atoms with Gasteiger partial charge in [0.25, 0.3) is 0 Å². The van der Waals surface area contributed by atoms with E-state index >= 15 is 0 Å². The number of likely N-dealkylation sites (N-methyl/N-ethyl adjacent to an activating group) is 1. The molecule has 2 N–H and O–H groups in total. The third-order valence-corrected chi connectivity index (χ3v) is 2.92. The van der Waals surface area contributed by atoms with Gasteiger partial charge in [-0.05, 0) is 19.5 Å². The first-order valence-corrected chi connectivity index (χ1v) is 6.60. The smallest absolute Gasteiger partial charge is 0.0826 e. The molecule has 0 radical (unpaired) electrons. The molecule has 1 heterocycles. The Balaban J connectivity index is 1.91. The van der Waals surface area contributed by atoms with Crippen molar-refractivity contribution in [2.75, 3.05) is 59.2 Å². The van der Waals surface area contributed by atoms with Crippen LogP contribution in [-0.4, -0.2) is 75.3 Å².